The van der Waals surface area contributed by atoms with Crippen molar-refractivity contribution in [3.63, 3.8) is 0 Å². The summed E-state index contributed by atoms with van der Waals surface area (Å²) >= 11 is 12.1. The number of carbonyl (C=O) groups is 1. The Morgan fingerprint density at radius 2 is 1.90 bits per heavy atom. The number of fused-ring (bicyclic) bond motifs is 1. The normalized spacial score (nSPS) is 10.6. The number of rotatable bonds is 2. The van der Waals surface area contributed by atoms with Crippen molar-refractivity contribution in [3.8, 4) is 0 Å². The molecule has 4 nitrogen and oxygen atoms in total. The Kier molecular flexibility index (Phi) is 3.73. The fraction of sp³-hybridized carbons (Fsp3) is 0. The molecule has 0 aliphatic rings. The molecule has 0 bridgehead atoms. The van der Waals surface area contributed by atoms with Crippen LogP contribution in [0.3, 0.4) is 0 Å². The van der Waals surface area contributed by atoms with E-state index in [9.17, 15) is 4.79 Å². The standard InChI is InChI=1S/C15H9Cl2N3O/c16-11-3-4-13(14-9(11)2-1-6-19-14)20-15(21)10-5-7-18-8-12(10)17/h1-8H,(H,20,21). The van der Waals surface area contributed by atoms with Gasteiger partial charge < -0.3 is 5.32 Å². The van der Waals surface area contributed by atoms with E-state index in [0.29, 0.717) is 26.8 Å². The van der Waals surface area contributed by atoms with E-state index >= 15 is 0 Å². The second-order valence-corrected chi connectivity index (χ2v) is 5.12. The summed E-state index contributed by atoms with van der Waals surface area (Å²) in [4.78, 5) is 20.4. The van der Waals surface area contributed by atoms with Crippen molar-refractivity contribution in [1.29, 1.82) is 0 Å². The Morgan fingerprint density at radius 3 is 2.71 bits per heavy atom. The third-order valence-electron chi connectivity index (χ3n) is 2.98. The number of carbonyl (C=O) groups excluding carboxylic acids is 1. The molecule has 0 unspecified atom stereocenters. The highest BCUT2D eigenvalue weighted by molar-refractivity contribution is 6.36. The molecule has 0 radical (unpaired) electrons. The molecule has 0 saturated carbocycles. The number of benzene rings is 1. The van der Waals surface area contributed by atoms with Crippen LogP contribution in [0.5, 0.6) is 0 Å². The van der Waals surface area contributed by atoms with Gasteiger partial charge >= 0.3 is 0 Å². The first-order chi connectivity index (χ1) is 10.2. The molecule has 0 fully saturated rings. The number of nitrogens with one attached hydrogen (secondary N) is 1. The highest BCUT2D eigenvalue weighted by Crippen LogP contribution is 2.28. The van der Waals surface area contributed by atoms with E-state index in [1.54, 1.807) is 30.5 Å². The molecule has 2 aromatic heterocycles. The number of aromatic nitrogens is 2. The minimum absolute atomic E-state index is 0.293. The summed E-state index contributed by atoms with van der Waals surface area (Å²) in [5.41, 5.74) is 1.56. The fourth-order valence-corrected chi connectivity index (χ4v) is 2.41. The van der Waals surface area contributed by atoms with Crippen molar-refractivity contribution < 1.29 is 4.79 Å². The van der Waals surface area contributed by atoms with E-state index < -0.39 is 0 Å². The molecule has 0 saturated heterocycles. The van der Waals surface area contributed by atoms with Gasteiger partial charge in [-0.25, -0.2) is 0 Å². The molecule has 6 heteroatoms. The SMILES string of the molecule is O=C(Nc1ccc(Cl)c2cccnc12)c1ccncc1Cl. The maximum absolute atomic E-state index is 12.3. The number of hydrogen-bond acceptors (Lipinski definition) is 3. The van der Waals surface area contributed by atoms with Crippen LogP contribution in [0.15, 0.2) is 48.9 Å². The Morgan fingerprint density at radius 1 is 1.05 bits per heavy atom. The van der Waals surface area contributed by atoms with Crippen molar-refractivity contribution in [2.75, 3.05) is 5.32 Å². The van der Waals surface area contributed by atoms with E-state index in [1.165, 1.54) is 12.4 Å². The van der Waals surface area contributed by atoms with Gasteiger partial charge in [-0.2, -0.15) is 0 Å². The van der Waals surface area contributed by atoms with Crippen LogP contribution in [0.2, 0.25) is 10.0 Å². The predicted molar refractivity (Wildman–Crippen MR) is 84.0 cm³/mol. The number of hydrogen-bond donors (Lipinski definition) is 1. The average Bonchev–Trinajstić information content (AvgIpc) is 2.51. The van der Waals surface area contributed by atoms with Crippen LogP contribution < -0.4 is 5.32 Å². The molecular weight excluding hydrogens is 309 g/mol. The molecule has 0 aliphatic carbocycles. The van der Waals surface area contributed by atoms with E-state index in [0.717, 1.165) is 5.39 Å². The van der Waals surface area contributed by atoms with Crippen LogP contribution in [0.4, 0.5) is 5.69 Å². The molecule has 0 aliphatic heterocycles. The molecule has 21 heavy (non-hydrogen) atoms. The lowest BCUT2D eigenvalue weighted by Gasteiger charge is -2.09. The van der Waals surface area contributed by atoms with Gasteiger partial charge in [-0.3, -0.25) is 14.8 Å². The molecule has 0 atom stereocenters. The summed E-state index contributed by atoms with van der Waals surface area (Å²) in [6, 6.07) is 8.63. The number of nitrogens with zero attached hydrogens (tertiary/aromatic N) is 2. The predicted octanol–water partition coefficient (Wildman–Crippen LogP) is 4.19. The van der Waals surface area contributed by atoms with E-state index in [2.05, 4.69) is 15.3 Å². The molecule has 1 aromatic carbocycles. The number of halogens is 2. The average molecular weight is 318 g/mol. The summed E-state index contributed by atoms with van der Waals surface area (Å²) in [7, 11) is 0. The smallest absolute Gasteiger partial charge is 0.257 e. The first-order valence-corrected chi connectivity index (χ1v) is 6.86. The molecule has 104 valence electrons. The lowest BCUT2D eigenvalue weighted by molar-refractivity contribution is 0.102. The zero-order valence-electron chi connectivity index (χ0n) is 10.7. The largest absolute Gasteiger partial charge is 0.320 e. The van der Waals surface area contributed by atoms with Gasteiger partial charge in [0.2, 0.25) is 0 Å². The van der Waals surface area contributed by atoms with Crippen molar-refractivity contribution >= 4 is 45.7 Å². The molecule has 1 N–H and O–H groups in total. The summed E-state index contributed by atoms with van der Waals surface area (Å²) in [6.45, 7) is 0. The van der Waals surface area contributed by atoms with Crippen LogP contribution in [0.25, 0.3) is 10.9 Å². The summed E-state index contributed by atoms with van der Waals surface area (Å²) < 4.78 is 0. The Bertz CT molecular complexity index is 836. The Hall–Kier alpha value is -2.17. The lowest BCUT2D eigenvalue weighted by Crippen LogP contribution is -2.13. The second-order valence-electron chi connectivity index (χ2n) is 4.30. The van der Waals surface area contributed by atoms with Crippen LogP contribution in [0.1, 0.15) is 10.4 Å². The summed E-state index contributed by atoms with van der Waals surface area (Å²) in [5.74, 6) is -0.323. The van der Waals surface area contributed by atoms with Gasteiger partial charge in [0.1, 0.15) is 0 Å². The molecular formula is C15H9Cl2N3O. The first kappa shape index (κ1) is 13.8. The summed E-state index contributed by atoms with van der Waals surface area (Å²) in [5, 5.41) is 4.45. The monoisotopic (exact) mass is 317 g/mol. The van der Waals surface area contributed by atoms with Gasteiger partial charge in [-0.05, 0) is 30.3 Å². The fourth-order valence-electron chi connectivity index (χ4n) is 1.99. The maximum atomic E-state index is 12.3. The summed E-state index contributed by atoms with van der Waals surface area (Å²) in [6.07, 6.45) is 4.58. The van der Waals surface area contributed by atoms with E-state index in [1.807, 2.05) is 6.07 Å². The molecule has 0 spiro atoms. The highest BCUT2D eigenvalue weighted by atomic mass is 35.5. The zero-order chi connectivity index (χ0) is 14.8. The first-order valence-electron chi connectivity index (χ1n) is 6.11. The lowest BCUT2D eigenvalue weighted by atomic mass is 10.1. The van der Waals surface area contributed by atoms with Crippen molar-refractivity contribution in [2.45, 2.75) is 0 Å². The Balaban J connectivity index is 2.01. The number of anilines is 1. The van der Waals surface area contributed by atoms with Gasteiger partial charge in [0.05, 0.1) is 26.8 Å². The van der Waals surface area contributed by atoms with Gasteiger partial charge in [0.25, 0.3) is 5.91 Å². The third kappa shape index (κ3) is 2.68. The number of amides is 1. The second kappa shape index (κ2) is 5.68. The molecule has 3 aromatic rings. The van der Waals surface area contributed by atoms with E-state index in [4.69, 9.17) is 23.2 Å². The van der Waals surface area contributed by atoms with Crippen LogP contribution in [0, 0.1) is 0 Å². The Labute approximate surface area is 130 Å². The minimum Gasteiger partial charge on any atom is -0.320 e. The third-order valence-corrected chi connectivity index (χ3v) is 3.61. The van der Waals surface area contributed by atoms with Gasteiger partial charge in [-0.1, -0.05) is 23.2 Å². The minimum atomic E-state index is -0.323. The topological polar surface area (TPSA) is 54.9 Å². The van der Waals surface area contributed by atoms with Crippen LogP contribution in [-0.2, 0) is 0 Å². The van der Waals surface area contributed by atoms with Crippen molar-refractivity contribution in [3.05, 3.63) is 64.5 Å². The number of pyridine rings is 2. The molecule has 3 rings (SSSR count). The van der Waals surface area contributed by atoms with Gasteiger partial charge in [0, 0.05) is 24.0 Å². The van der Waals surface area contributed by atoms with Crippen molar-refractivity contribution in [2.24, 2.45) is 0 Å². The maximum Gasteiger partial charge on any atom is 0.257 e. The van der Waals surface area contributed by atoms with Crippen molar-refractivity contribution in [1.82, 2.24) is 9.97 Å². The van der Waals surface area contributed by atoms with Crippen LogP contribution in [-0.4, -0.2) is 15.9 Å². The highest BCUT2D eigenvalue weighted by Gasteiger charge is 2.13. The molecule has 2 heterocycles. The quantitative estimate of drug-likeness (QED) is 0.771. The van der Waals surface area contributed by atoms with Gasteiger partial charge in [0.15, 0.2) is 0 Å². The molecule has 1 amide bonds. The van der Waals surface area contributed by atoms with Gasteiger partial charge in [-0.15, -0.1) is 0 Å². The zero-order valence-corrected chi connectivity index (χ0v) is 12.2. The van der Waals surface area contributed by atoms with Crippen LogP contribution >= 0.6 is 23.2 Å². The van der Waals surface area contributed by atoms with E-state index in [-0.39, 0.29) is 5.91 Å².